The smallest absolute Gasteiger partial charge is 0.324 e. The summed E-state index contributed by atoms with van der Waals surface area (Å²) < 4.78 is 0. The number of hydroxylamine groups is 2. The molecular formula is C23H20N2O4. The number of aryl methyl sites for hydroxylation is 1. The topological polar surface area (TPSA) is 76.6 Å². The Morgan fingerprint density at radius 1 is 0.966 bits per heavy atom. The first-order valence-corrected chi connectivity index (χ1v) is 9.67. The molecule has 0 radical (unpaired) electrons. The van der Waals surface area contributed by atoms with Gasteiger partial charge in [0, 0.05) is 11.1 Å². The van der Waals surface area contributed by atoms with E-state index in [1.165, 1.54) is 0 Å². The first-order valence-electron chi connectivity index (χ1n) is 9.67. The molecule has 0 atom stereocenters. The SMILES string of the molecule is CCCc1nc2ccccc2c(C(=O)ON2C(=O)c3ccccc3C2=O)c1CC. The Kier molecular flexibility index (Phi) is 4.84. The zero-order valence-corrected chi connectivity index (χ0v) is 16.3. The predicted molar refractivity (Wildman–Crippen MR) is 107 cm³/mol. The molecule has 0 N–H and O–H groups in total. The first kappa shape index (κ1) is 18.8. The molecule has 29 heavy (non-hydrogen) atoms. The molecular weight excluding hydrogens is 368 g/mol. The highest BCUT2D eigenvalue weighted by molar-refractivity contribution is 6.21. The number of hydrogen-bond acceptors (Lipinski definition) is 5. The largest absolute Gasteiger partial charge is 0.364 e. The predicted octanol–water partition coefficient (Wildman–Crippen LogP) is 4.12. The van der Waals surface area contributed by atoms with E-state index in [0.717, 1.165) is 24.1 Å². The van der Waals surface area contributed by atoms with Crippen LogP contribution >= 0.6 is 0 Å². The lowest BCUT2D eigenvalue weighted by Crippen LogP contribution is -2.33. The molecule has 2 aromatic carbocycles. The van der Waals surface area contributed by atoms with Gasteiger partial charge in [-0.3, -0.25) is 14.6 Å². The highest BCUT2D eigenvalue weighted by atomic mass is 16.7. The van der Waals surface area contributed by atoms with Gasteiger partial charge in [-0.1, -0.05) is 55.7 Å². The van der Waals surface area contributed by atoms with Gasteiger partial charge in [-0.2, -0.15) is 0 Å². The van der Waals surface area contributed by atoms with Crippen LogP contribution in [0.1, 0.15) is 62.6 Å². The van der Waals surface area contributed by atoms with Crippen LogP contribution in [0.5, 0.6) is 0 Å². The standard InChI is InChI=1S/C23H20N2O4/c1-3-9-18-14(4-2)20(17-12-7-8-13-19(17)24-18)23(28)29-25-21(26)15-10-5-6-11-16(15)22(25)27/h5-8,10-13H,3-4,9H2,1-2H3. The van der Waals surface area contributed by atoms with Gasteiger partial charge >= 0.3 is 5.97 Å². The summed E-state index contributed by atoms with van der Waals surface area (Å²) in [5.41, 5.74) is 3.12. The third-order valence-corrected chi connectivity index (χ3v) is 5.05. The summed E-state index contributed by atoms with van der Waals surface area (Å²) in [7, 11) is 0. The number of para-hydroxylation sites is 1. The van der Waals surface area contributed by atoms with E-state index in [1.807, 2.05) is 32.0 Å². The normalized spacial score (nSPS) is 13.1. The van der Waals surface area contributed by atoms with Gasteiger partial charge in [0.15, 0.2) is 0 Å². The maximum atomic E-state index is 13.2. The van der Waals surface area contributed by atoms with Crippen LogP contribution in [0.4, 0.5) is 0 Å². The summed E-state index contributed by atoms with van der Waals surface area (Å²) in [4.78, 5) is 48.4. The van der Waals surface area contributed by atoms with E-state index < -0.39 is 17.8 Å². The highest BCUT2D eigenvalue weighted by Crippen LogP contribution is 2.28. The monoisotopic (exact) mass is 388 g/mol. The van der Waals surface area contributed by atoms with Crippen LogP contribution in [0.25, 0.3) is 10.9 Å². The van der Waals surface area contributed by atoms with Crippen LogP contribution in [0.15, 0.2) is 48.5 Å². The summed E-state index contributed by atoms with van der Waals surface area (Å²) >= 11 is 0. The zero-order chi connectivity index (χ0) is 20.5. The molecule has 0 spiro atoms. The number of pyridine rings is 1. The molecule has 1 aromatic heterocycles. The molecule has 0 unspecified atom stereocenters. The Balaban J connectivity index is 1.78. The summed E-state index contributed by atoms with van der Waals surface area (Å²) in [5.74, 6) is -2.00. The van der Waals surface area contributed by atoms with Crippen molar-refractivity contribution < 1.29 is 19.2 Å². The number of imide groups is 1. The highest BCUT2D eigenvalue weighted by Gasteiger charge is 2.39. The van der Waals surface area contributed by atoms with Gasteiger partial charge in [0.1, 0.15) is 0 Å². The van der Waals surface area contributed by atoms with Crippen molar-refractivity contribution in [2.75, 3.05) is 0 Å². The third-order valence-electron chi connectivity index (χ3n) is 5.05. The number of rotatable bonds is 5. The minimum atomic E-state index is -0.729. The summed E-state index contributed by atoms with van der Waals surface area (Å²) in [6, 6.07) is 13.7. The van der Waals surface area contributed by atoms with Crippen LogP contribution < -0.4 is 0 Å². The molecule has 1 aliphatic heterocycles. The van der Waals surface area contributed by atoms with E-state index in [-0.39, 0.29) is 11.1 Å². The molecule has 0 saturated carbocycles. The Hall–Kier alpha value is -3.54. The van der Waals surface area contributed by atoms with Crippen molar-refractivity contribution >= 4 is 28.7 Å². The van der Waals surface area contributed by atoms with Gasteiger partial charge < -0.3 is 4.84 Å². The van der Waals surface area contributed by atoms with Crippen molar-refractivity contribution in [1.82, 2.24) is 10.0 Å². The fourth-order valence-corrected chi connectivity index (χ4v) is 3.74. The maximum absolute atomic E-state index is 13.2. The lowest BCUT2D eigenvalue weighted by Gasteiger charge is -2.17. The van der Waals surface area contributed by atoms with Gasteiger partial charge in [0.05, 0.1) is 22.2 Å². The number of aromatic nitrogens is 1. The molecule has 1 aliphatic rings. The lowest BCUT2D eigenvalue weighted by molar-refractivity contribution is -0.0584. The quantitative estimate of drug-likeness (QED) is 0.615. The summed E-state index contributed by atoms with van der Waals surface area (Å²) in [6.45, 7) is 4.00. The number of amides is 2. The Bertz CT molecular complexity index is 1120. The molecule has 0 fully saturated rings. The van der Waals surface area contributed by atoms with Crippen LogP contribution in [-0.4, -0.2) is 27.8 Å². The van der Waals surface area contributed by atoms with Crippen LogP contribution in [0.2, 0.25) is 0 Å². The molecule has 2 heterocycles. The lowest BCUT2D eigenvalue weighted by atomic mass is 9.96. The third kappa shape index (κ3) is 3.06. The molecule has 0 bridgehead atoms. The van der Waals surface area contributed by atoms with E-state index in [9.17, 15) is 14.4 Å². The van der Waals surface area contributed by atoms with Gasteiger partial charge in [-0.05, 0) is 36.6 Å². The minimum Gasteiger partial charge on any atom is -0.324 e. The first-order chi connectivity index (χ1) is 14.1. The second-order valence-corrected chi connectivity index (χ2v) is 6.86. The second kappa shape index (κ2) is 7.47. The van der Waals surface area contributed by atoms with Crippen molar-refractivity contribution in [3.05, 3.63) is 76.5 Å². The van der Waals surface area contributed by atoms with Gasteiger partial charge in [-0.25, -0.2) is 4.79 Å². The van der Waals surface area contributed by atoms with Gasteiger partial charge in [0.25, 0.3) is 11.8 Å². The van der Waals surface area contributed by atoms with Crippen molar-refractivity contribution in [3.8, 4) is 0 Å². The number of nitrogens with zero attached hydrogens (tertiary/aromatic N) is 2. The van der Waals surface area contributed by atoms with Crippen molar-refractivity contribution in [2.24, 2.45) is 0 Å². The fraction of sp³-hybridized carbons (Fsp3) is 0.217. The molecule has 6 nitrogen and oxygen atoms in total. The molecule has 3 aromatic rings. The number of benzene rings is 2. The van der Waals surface area contributed by atoms with Crippen LogP contribution in [-0.2, 0) is 17.7 Å². The maximum Gasteiger partial charge on any atom is 0.364 e. The van der Waals surface area contributed by atoms with Crippen molar-refractivity contribution in [3.63, 3.8) is 0 Å². The second-order valence-electron chi connectivity index (χ2n) is 6.86. The number of fused-ring (bicyclic) bond motifs is 2. The number of hydrogen-bond donors (Lipinski definition) is 0. The summed E-state index contributed by atoms with van der Waals surface area (Å²) in [5, 5.41) is 1.20. The molecule has 0 aliphatic carbocycles. The van der Waals surface area contributed by atoms with Gasteiger partial charge in [-0.15, -0.1) is 0 Å². The molecule has 146 valence electrons. The van der Waals surface area contributed by atoms with E-state index in [2.05, 4.69) is 0 Å². The summed E-state index contributed by atoms with van der Waals surface area (Å²) in [6.07, 6.45) is 2.19. The van der Waals surface area contributed by atoms with E-state index in [1.54, 1.807) is 30.3 Å². The van der Waals surface area contributed by atoms with Crippen LogP contribution in [0.3, 0.4) is 0 Å². The Morgan fingerprint density at radius 2 is 1.59 bits per heavy atom. The molecule has 4 rings (SSSR count). The number of carbonyl (C=O) groups excluding carboxylic acids is 3. The minimum absolute atomic E-state index is 0.229. The van der Waals surface area contributed by atoms with Gasteiger partial charge in [0.2, 0.25) is 0 Å². The Morgan fingerprint density at radius 3 is 2.21 bits per heavy atom. The zero-order valence-electron chi connectivity index (χ0n) is 16.3. The van der Waals surface area contributed by atoms with Crippen molar-refractivity contribution in [2.45, 2.75) is 33.1 Å². The Labute approximate surface area is 168 Å². The van der Waals surface area contributed by atoms with E-state index in [4.69, 9.17) is 9.82 Å². The molecule has 2 amide bonds. The average Bonchev–Trinajstić information content (AvgIpc) is 2.98. The van der Waals surface area contributed by atoms with Crippen molar-refractivity contribution in [1.29, 1.82) is 0 Å². The number of carbonyl (C=O) groups is 3. The molecule has 6 heteroatoms. The average molecular weight is 388 g/mol. The van der Waals surface area contributed by atoms with Crippen LogP contribution in [0, 0.1) is 0 Å². The van der Waals surface area contributed by atoms with E-state index >= 15 is 0 Å². The van der Waals surface area contributed by atoms with E-state index in [0.29, 0.717) is 28.0 Å². The fourth-order valence-electron chi connectivity index (χ4n) is 3.74. The molecule has 0 saturated heterocycles.